The first-order chi connectivity index (χ1) is 14.3. The van der Waals surface area contributed by atoms with Crippen LogP contribution in [-0.2, 0) is 14.8 Å². The van der Waals surface area contributed by atoms with Gasteiger partial charge in [-0.05, 0) is 42.8 Å². The summed E-state index contributed by atoms with van der Waals surface area (Å²) in [5, 5.41) is 2.81. The highest BCUT2D eigenvalue weighted by Crippen LogP contribution is 2.28. The van der Waals surface area contributed by atoms with E-state index >= 15 is 0 Å². The third kappa shape index (κ3) is 4.50. The molecule has 0 atom stereocenters. The molecule has 0 unspecified atom stereocenters. The fraction of sp³-hybridized carbons (Fsp3) is 0.333. The largest absolute Gasteiger partial charge is 0.322 e. The molecule has 30 heavy (non-hydrogen) atoms. The lowest BCUT2D eigenvalue weighted by atomic mass is 10.1. The lowest BCUT2D eigenvalue weighted by molar-refractivity contribution is -0.117. The van der Waals surface area contributed by atoms with Crippen LogP contribution in [0.4, 0.5) is 11.4 Å². The van der Waals surface area contributed by atoms with Crippen molar-refractivity contribution < 1.29 is 18.0 Å². The van der Waals surface area contributed by atoms with Crippen LogP contribution in [0.5, 0.6) is 0 Å². The molecule has 7 nitrogen and oxygen atoms in total. The van der Waals surface area contributed by atoms with Crippen molar-refractivity contribution in [1.82, 2.24) is 4.31 Å². The first kappa shape index (κ1) is 22.3. The standard InChI is InChI=1S/C21H24ClN3O4S/c1-3-24(4-2)30(28,29)19-14-16(10-11-18(19)22)23-21(27)15-7-5-8-17(13-15)25-12-6-9-20(25)26/h5,7-8,10-11,13-14H,3-4,6,9,12H2,1-2H3,(H,23,27). The highest BCUT2D eigenvalue weighted by atomic mass is 35.5. The highest BCUT2D eigenvalue weighted by molar-refractivity contribution is 7.89. The summed E-state index contributed by atoms with van der Waals surface area (Å²) in [5.41, 5.74) is 1.36. The van der Waals surface area contributed by atoms with Crippen LogP contribution in [0.3, 0.4) is 0 Å². The molecule has 1 saturated heterocycles. The maximum atomic E-state index is 12.8. The molecule has 0 radical (unpaired) electrons. The zero-order chi connectivity index (χ0) is 21.9. The number of carbonyl (C=O) groups excluding carboxylic acids is 2. The van der Waals surface area contributed by atoms with E-state index in [0.717, 1.165) is 6.42 Å². The quantitative estimate of drug-likeness (QED) is 0.697. The van der Waals surface area contributed by atoms with Crippen molar-refractivity contribution in [3.05, 3.63) is 53.1 Å². The Morgan fingerprint density at radius 2 is 1.90 bits per heavy atom. The maximum Gasteiger partial charge on any atom is 0.255 e. The predicted octanol–water partition coefficient (Wildman–Crippen LogP) is 3.75. The Kier molecular flexibility index (Phi) is 6.80. The Bertz CT molecular complexity index is 1070. The van der Waals surface area contributed by atoms with Crippen molar-refractivity contribution in [1.29, 1.82) is 0 Å². The van der Waals surface area contributed by atoms with E-state index in [-0.39, 0.29) is 15.8 Å². The fourth-order valence-electron chi connectivity index (χ4n) is 3.42. The Hall–Kier alpha value is -2.42. The normalized spacial score (nSPS) is 14.4. The number of amides is 2. The molecule has 0 spiro atoms. The topological polar surface area (TPSA) is 86.8 Å². The van der Waals surface area contributed by atoms with Gasteiger partial charge in [0.15, 0.2) is 0 Å². The van der Waals surface area contributed by atoms with Crippen LogP contribution in [0.15, 0.2) is 47.4 Å². The number of carbonyl (C=O) groups is 2. The Morgan fingerprint density at radius 3 is 2.53 bits per heavy atom. The van der Waals surface area contributed by atoms with Gasteiger partial charge >= 0.3 is 0 Å². The van der Waals surface area contributed by atoms with E-state index in [9.17, 15) is 18.0 Å². The van der Waals surface area contributed by atoms with Gasteiger partial charge in [0.2, 0.25) is 15.9 Å². The van der Waals surface area contributed by atoms with E-state index in [1.807, 2.05) is 0 Å². The maximum absolute atomic E-state index is 12.8. The van der Waals surface area contributed by atoms with Crippen molar-refractivity contribution in [3.8, 4) is 0 Å². The molecule has 1 aliphatic heterocycles. The molecule has 0 saturated carbocycles. The lowest BCUT2D eigenvalue weighted by Crippen LogP contribution is -2.30. The Labute approximate surface area is 181 Å². The Balaban J connectivity index is 1.85. The van der Waals surface area contributed by atoms with E-state index in [1.165, 1.54) is 16.4 Å². The zero-order valence-electron chi connectivity index (χ0n) is 16.9. The number of hydrogen-bond donors (Lipinski definition) is 1. The molecular weight excluding hydrogens is 426 g/mol. The molecular formula is C21H24ClN3O4S. The fourth-order valence-corrected chi connectivity index (χ4v) is 5.38. The number of halogens is 1. The zero-order valence-corrected chi connectivity index (χ0v) is 18.5. The molecule has 3 rings (SSSR count). The predicted molar refractivity (Wildman–Crippen MR) is 118 cm³/mol. The summed E-state index contributed by atoms with van der Waals surface area (Å²) in [6.07, 6.45) is 1.30. The third-order valence-electron chi connectivity index (χ3n) is 5.01. The van der Waals surface area contributed by atoms with Crippen molar-refractivity contribution in [2.24, 2.45) is 0 Å². The molecule has 0 bridgehead atoms. The van der Waals surface area contributed by atoms with E-state index in [4.69, 9.17) is 11.6 Å². The molecule has 2 amide bonds. The van der Waals surface area contributed by atoms with Crippen LogP contribution >= 0.6 is 11.6 Å². The van der Waals surface area contributed by atoms with Crippen molar-refractivity contribution in [3.63, 3.8) is 0 Å². The molecule has 1 heterocycles. The molecule has 1 N–H and O–H groups in total. The van der Waals surface area contributed by atoms with E-state index in [0.29, 0.717) is 43.0 Å². The summed E-state index contributed by atoms with van der Waals surface area (Å²) < 4.78 is 27.0. The number of nitrogens with zero attached hydrogens (tertiary/aromatic N) is 2. The van der Waals surface area contributed by atoms with Crippen LogP contribution in [0, 0.1) is 0 Å². The van der Waals surface area contributed by atoms with Gasteiger partial charge in [-0.2, -0.15) is 4.31 Å². The van der Waals surface area contributed by atoms with Crippen LogP contribution in [0.1, 0.15) is 37.0 Å². The first-order valence-electron chi connectivity index (χ1n) is 9.79. The molecule has 2 aromatic carbocycles. The van der Waals surface area contributed by atoms with Gasteiger partial charge in [0.05, 0.1) is 5.02 Å². The summed E-state index contributed by atoms with van der Waals surface area (Å²) >= 11 is 6.14. The number of nitrogens with one attached hydrogen (secondary N) is 1. The van der Waals surface area contributed by atoms with Crippen LogP contribution < -0.4 is 10.2 Å². The van der Waals surface area contributed by atoms with Gasteiger partial charge in [-0.15, -0.1) is 0 Å². The van der Waals surface area contributed by atoms with Gasteiger partial charge < -0.3 is 10.2 Å². The van der Waals surface area contributed by atoms with Crippen molar-refractivity contribution >= 4 is 44.8 Å². The van der Waals surface area contributed by atoms with E-state index in [1.54, 1.807) is 49.1 Å². The Morgan fingerprint density at radius 1 is 1.17 bits per heavy atom. The minimum atomic E-state index is -3.77. The van der Waals surface area contributed by atoms with E-state index in [2.05, 4.69) is 5.32 Å². The second kappa shape index (κ2) is 9.16. The molecule has 9 heteroatoms. The molecule has 0 aliphatic carbocycles. The molecule has 160 valence electrons. The van der Waals surface area contributed by atoms with E-state index < -0.39 is 15.9 Å². The van der Waals surface area contributed by atoms with Gasteiger partial charge in [0.25, 0.3) is 5.91 Å². The smallest absolute Gasteiger partial charge is 0.255 e. The van der Waals surface area contributed by atoms with Gasteiger partial charge in [0.1, 0.15) is 4.90 Å². The molecule has 0 aromatic heterocycles. The minimum absolute atomic E-state index is 0.0384. The summed E-state index contributed by atoms with van der Waals surface area (Å²) in [7, 11) is -3.77. The molecule has 1 aliphatic rings. The monoisotopic (exact) mass is 449 g/mol. The average Bonchev–Trinajstić information content (AvgIpc) is 3.16. The van der Waals surface area contributed by atoms with Crippen LogP contribution in [-0.4, -0.2) is 44.2 Å². The SMILES string of the molecule is CCN(CC)S(=O)(=O)c1cc(NC(=O)c2cccc(N3CCCC3=O)c2)ccc1Cl. The number of hydrogen-bond acceptors (Lipinski definition) is 4. The van der Waals surface area contributed by atoms with Crippen molar-refractivity contribution in [2.75, 3.05) is 29.9 Å². The molecule has 1 fully saturated rings. The number of benzene rings is 2. The van der Waals surface area contributed by atoms with Crippen LogP contribution in [0.25, 0.3) is 0 Å². The van der Waals surface area contributed by atoms with Gasteiger partial charge in [-0.25, -0.2) is 8.42 Å². The molecule has 2 aromatic rings. The lowest BCUT2D eigenvalue weighted by Gasteiger charge is -2.20. The second-order valence-corrected chi connectivity index (χ2v) is 9.20. The van der Waals surface area contributed by atoms with Crippen molar-refractivity contribution in [2.45, 2.75) is 31.6 Å². The van der Waals surface area contributed by atoms with Crippen LogP contribution in [0.2, 0.25) is 5.02 Å². The number of rotatable bonds is 7. The highest BCUT2D eigenvalue weighted by Gasteiger charge is 2.25. The van der Waals surface area contributed by atoms with Gasteiger partial charge in [-0.1, -0.05) is 31.5 Å². The summed E-state index contributed by atoms with van der Waals surface area (Å²) in [6, 6.07) is 11.2. The average molecular weight is 450 g/mol. The number of anilines is 2. The second-order valence-electron chi connectivity index (χ2n) is 6.89. The first-order valence-corrected chi connectivity index (χ1v) is 11.6. The summed E-state index contributed by atoms with van der Waals surface area (Å²) in [6.45, 7) is 4.76. The summed E-state index contributed by atoms with van der Waals surface area (Å²) in [4.78, 5) is 26.3. The third-order valence-corrected chi connectivity index (χ3v) is 7.54. The minimum Gasteiger partial charge on any atom is -0.322 e. The number of sulfonamides is 1. The van der Waals surface area contributed by atoms with Gasteiger partial charge in [0, 0.05) is 43.0 Å². The van der Waals surface area contributed by atoms with Gasteiger partial charge in [-0.3, -0.25) is 9.59 Å². The summed E-state index contributed by atoms with van der Waals surface area (Å²) in [5.74, 6) is -0.367.